The van der Waals surface area contributed by atoms with Crippen LogP contribution in [0.2, 0.25) is 0 Å². The van der Waals surface area contributed by atoms with Crippen LogP contribution in [-0.2, 0) is 16.1 Å². The predicted octanol–water partition coefficient (Wildman–Crippen LogP) is 1.49. The number of benzene rings is 1. The number of hydrogen-bond acceptors (Lipinski definition) is 3. The Labute approximate surface area is 123 Å². The van der Waals surface area contributed by atoms with Gasteiger partial charge in [-0.15, -0.1) is 0 Å². The number of hydrogen-bond donors (Lipinski definition) is 2. The molecule has 0 saturated carbocycles. The first-order chi connectivity index (χ1) is 9.90. The predicted molar refractivity (Wildman–Crippen MR) is 78.1 cm³/mol. The Bertz CT molecular complexity index is 544. The molecule has 6 heteroatoms. The molecule has 0 aliphatic heterocycles. The van der Waals surface area contributed by atoms with Crippen molar-refractivity contribution in [1.82, 2.24) is 10.2 Å². The van der Waals surface area contributed by atoms with Crippen molar-refractivity contribution in [3.05, 3.63) is 41.2 Å². The van der Waals surface area contributed by atoms with Gasteiger partial charge in [-0.2, -0.15) is 0 Å². The minimum absolute atomic E-state index is 0.0950. The monoisotopic (exact) mass is 294 g/mol. The summed E-state index contributed by atoms with van der Waals surface area (Å²) in [6.07, 6.45) is 2.29. The number of halogens is 1. The summed E-state index contributed by atoms with van der Waals surface area (Å²) < 4.78 is 13.5. The van der Waals surface area contributed by atoms with Gasteiger partial charge in [0.15, 0.2) is 0 Å². The number of carboxylic acid groups (broad SMARTS) is 1. The maximum atomic E-state index is 13.5. The van der Waals surface area contributed by atoms with Gasteiger partial charge >= 0.3 is 5.97 Å². The zero-order valence-corrected chi connectivity index (χ0v) is 12.1. The molecule has 1 rings (SSSR count). The zero-order chi connectivity index (χ0) is 15.8. The molecule has 2 N–H and O–H groups in total. The van der Waals surface area contributed by atoms with Gasteiger partial charge in [-0.25, -0.2) is 9.18 Å². The lowest BCUT2D eigenvalue weighted by Crippen LogP contribution is -2.34. The molecule has 0 aliphatic carbocycles. The van der Waals surface area contributed by atoms with Crippen LogP contribution in [-0.4, -0.2) is 42.0 Å². The van der Waals surface area contributed by atoms with E-state index in [-0.39, 0.29) is 12.5 Å². The molecule has 21 heavy (non-hydrogen) atoms. The maximum Gasteiger partial charge on any atom is 0.328 e. The fourth-order valence-corrected chi connectivity index (χ4v) is 1.90. The molecule has 0 spiro atoms. The van der Waals surface area contributed by atoms with Gasteiger partial charge in [-0.05, 0) is 43.3 Å². The van der Waals surface area contributed by atoms with E-state index in [4.69, 9.17) is 5.11 Å². The SMILES string of the molecule is CCNC(=O)CN(C)Cc1cc(F)cc(C=CC(=O)O)c1. The fourth-order valence-electron chi connectivity index (χ4n) is 1.90. The standard InChI is InChI=1S/C15H19FN2O3/c1-3-17-14(19)10-18(2)9-12-6-11(4-5-15(20)21)7-13(16)8-12/h4-8H,3,9-10H2,1-2H3,(H,17,19)(H,20,21). The molecule has 5 nitrogen and oxygen atoms in total. The molecule has 0 atom stereocenters. The molecule has 0 aliphatic rings. The van der Waals surface area contributed by atoms with Crippen LogP contribution >= 0.6 is 0 Å². The number of amides is 1. The minimum Gasteiger partial charge on any atom is -0.478 e. The topological polar surface area (TPSA) is 69.6 Å². The molecule has 0 aromatic heterocycles. The summed E-state index contributed by atoms with van der Waals surface area (Å²) in [5, 5.41) is 11.3. The quantitative estimate of drug-likeness (QED) is 0.748. The Morgan fingerprint density at radius 1 is 1.38 bits per heavy atom. The first-order valence-electron chi connectivity index (χ1n) is 6.56. The van der Waals surface area contributed by atoms with E-state index < -0.39 is 11.8 Å². The summed E-state index contributed by atoms with van der Waals surface area (Å²) in [6.45, 7) is 3.01. The molecule has 1 aromatic rings. The summed E-state index contributed by atoms with van der Waals surface area (Å²) in [5.41, 5.74) is 1.14. The second-order valence-corrected chi connectivity index (χ2v) is 4.69. The van der Waals surface area contributed by atoms with E-state index >= 15 is 0 Å². The lowest BCUT2D eigenvalue weighted by molar-refractivity contribution is -0.131. The highest BCUT2D eigenvalue weighted by Gasteiger charge is 2.07. The van der Waals surface area contributed by atoms with Gasteiger partial charge < -0.3 is 10.4 Å². The summed E-state index contributed by atoms with van der Waals surface area (Å²) in [6, 6.07) is 4.32. The first-order valence-corrected chi connectivity index (χ1v) is 6.56. The molecule has 1 amide bonds. The van der Waals surface area contributed by atoms with Crippen LogP contribution < -0.4 is 5.32 Å². The van der Waals surface area contributed by atoms with E-state index in [0.29, 0.717) is 24.2 Å². The third-order valence-corrected chi connectivity index (χ3v) is 2.64. The smallest absolute Gasteiger partial charge is 0.328 e. The Kier molecular flexibility index (Phi) is 6.55. The van der Waals surface area contributed by atoms with Crippen LogP contribution in [0.25, 0.3) is 6.08 Å². The van der Waals surface area contributed by atoms with Crippen LogP contribution in [0, 0.1) is 5.82 Å². The van der Waals surface area contributed by atoms with Crippen molar-refractivity contribution in [2.75, 3.05) is 20.1 Å². The van der Waals surface area contributed by atoms with Crippen LogP contribution in [0.3, 0.4) is 0 Å². The van der Waals surface area contributed by atoms with E-state index in [2.05, 4.69) is 5.32 Å². The summed E-state index contributed by atoms with van der Waals surface area (Å²) >= 11 is 0. The average Bonchev–Trinajstić information content (AvgIpc) is 2.35. The Morgan fingerprint density at radius 2 is 2.10 bits per heavy atom. The molecule has 1 aromatic carbocycles. The molecule has 0 unspecified atom stereocenters. The molecule has 0 saturated heterocycles. The van der Waals surface area contributed by atoms with E-state index in [9.17, 15) is 14.0 Å². The first kappa shape index (κ1) is 16.8. The van der Waals surface area contributed by atoms with Gasteiger partial charge in [0.2, 0.25) is 5.91 Å². The van der Waals surface area contributed by atoms with Gasteiger partial charge in [0, 0.05) is 19.2 Å². The van der Waals surface area contributed by atoms with Gasteiger partial charge in [0.25, 0.3) is 0 Å². The highest BCUT2D eigenvalue weighted by atomic mass is 19.1. The molecule has 0 fully saturated rings. The van der Waals surface area contributed by atoms with Crippen molar-refractivity contribution in [3.8, 4) is 0 Å². The van der Waals surface area contributed by atoms with Crippen molar-refractivity contribution < 1.29 is 19.1 Å². The number of likely N-dealkylation sites (N-methyl/N-ethyl adjacent to an activating group) is 2. The van der Waals surface area contributed by atoms with Crippen molar-refractivity contribution in [2.24, 2.45) is 0 Å². The van der Waals surface area contributed by atoms with Crippen molar-refractivity contribution in [3.63, 3.8) is 0 Å². The molecule has 0 heterocycles. The van der Waals surface area contributed by atoms with Crippen molar-refractivity contribution in [2.45, 2.75) is 13.5 Å². The van der Waals surface area contributed by atoms with Crippen LogP contribution in [0.1, 0.15) is 18.1 Å². The van der Waals surface area contributed by atoms with Crippen molar-refractivity contribution >= 4 is 18.0 Å². The molecule has 0 radical (unpaired) electrons. The number of rotatable bonds is 7. The second kappa shape index (κ2) is 8.16. The number of nitrogens with zero attached hydrogens (tertiary/aromatic N) is 1. The summed E-state index contributed by atoms with van der Waals surface area (Å²) in [7, 11) is 1.76. The van der Waals surface area contributed by atoms with Crippen LogP contribution in [0.5, 0.6) is 0 Å². The Hall–Kier alpha value is -2.21. The lowest BCUT2D eigenvalue weighted by atomic mass is 10.1. The highest BCUT2D eigenvalue weighted by Crippen LogP contribution is 2.12. The van der Waals surface area contributed by atoms with E-state index in [1.165, 1.54) is 18.2 Å². The fraction of sp³-hybridized carbons (Fsp3) is 0.333. The number of carbonyl (C=O) groups excluding carboxylic acids is 1. The highest BCUT2D eigenvalue weighted by molar-refractivity contribution is 5.85. The molecular weight excluding hydrogens is 275 g/mol. The zero-order valence-electron chi connectivity index (χ0n) is 12.1. The molecule has 0 bridgehead atoms. The van der Waals surface area contributed by atoms with Crippen LogP contribution in [0.4, 0.5) is 4.39 Å². The number of nitrogens with one attached hydrogen (secondary N) is 1. The van der Waals surface area contributed by atoms with Gasteiger partial charge in [0.05, 0.1) is 6.54 Å². The van der Waals surface area contributed by atoms with Gasteiger partial charge in [-0.1, -0.05) is 6.07 Å². The van der Waals surface area contributed by atoms with Gasteiger partial charge in [-0.3, -0.25) is 9.69 Å². The maximum absolute atomic E-state index is 13.5. The van der Waals surface area contributed by atoms with Gasteiger partial charge in [0.1, 0.15) is 5.82 Å². The molecular formula is C15H19FN2O3. The molecule has 114 valence electrons. The normalized spacial score (nSPS) is 11.0. The van der Waals surface area contributed by atoms with Crippen LogP contribution in [0.15, 0.2) is 24.3 Å². The van der Waals surface area contributed by atoms with E-state index in [0.717, 1.165) is 6.08 Å². The van der Waals surface area contributed by atoms with E-state index in [1.54, 1.807) is 18.0 Å². The second-order valence-electron chi connectivity index (χ2n) is 4.69. The largest absolute Gasteiger partial charge is 0.478 e. The Balaban J connectivity index is 2.74. The lowest BCUT2D eigenvalue weighted by Gasteiger charge is -2.16. The summed E-state index contributed by atoms with van der Waals surface area (Å²) in [4.78, 5) is 23.7. The number of aliphatic carboxylic acids is 1. The van der Waals surface area contributed by atoms with E-state index in [1.807, 2.05) is 6.92 Å². The average molecular weight is 294 g/mol. The Morgan fingerprint density at radius 3 is 2.71 bits per heavy atom. The third-order valence-electron chi connectivity index (χ3n) is 2.64. The van der Waals surface area contributed by atoms with Crippen molar-refractivity contribution in [1.29, 1.82) is 0 Å². The third kappa shape index (κ3) is 6.67. The number of carboxylic acids is 1. The number of carbonyl (C=O) groups is 2. The minimum atomic E-state index is -1.09. The summed E-state index contributed by atoms with van der Waals surface area (Å²) in [5.74, 6) is -1.62.